The quantitative estimate of drug-likeness (QED) is 0.485. The summed E-state index contributed by atoms with van der Waals surface area (Å²) >= 11 is 1.12. The summed E-state index contributed by atoms with van der Waals surface area (Å²) in [5, 5.41) is 2.58. The first-order valence-electron chi connectivity index (χ1n) is 6.00. The molecule has 0 aliphatic heterocycles. The molecule has 0 spiro atoms. The minimum absolute atomic E-state index is 0.106. The van der Waals surface area contributed by atoms with Gasteiger partial charge in [-0.3, -0.25) is 9.59 Å². The van der Waals surface area contributed by atoms with Crippen molar-refractivity contribution in [2.75, 3.05) is 18.8 Å². The molecule has 1 unspecified atom stereocenters. The fourth-order valence-corrected chi connectivity index (χ4v) is 2.13. The van der Waals surface area contributed by atoms with E-state index in [-0.39, 0.29) is 24.0 Å². The second-order valence-electron chi connectivity index (χ2n) is 3.90. The smallest absolute Gasteiger partial charge is 0.221 e. The fraction of sp³-hybridized carbons (Fsp3) is 0.545. The van der Waals surface area contributed by atoms with Crippen molar-refractivity contribution in [3.63, 3.8) is 0 Å². The van der Waals surface area contributed by atoms with Gasteiger partial charge in [-0.05, 0) is 0 Å². The molecule has 1 aromatic heterocycles. The van der Waals surface area contributed by atoms with Gasteiger partial charge in [0.1, 0.15) is 6.04 Å². The lowest BCUT2D eigenvalue weighted by Gasteiger charge is -2.16. The number of thioether (sulfide) groups is 1. The van der Waals surface area contributed by atoms with Crippen LogP contribution in [0.3, 0.4) is 0 Å². The summed E-state index contributed by atoms with van der Waals surface area (Å²) < 4.78 is 0. The van der Waals surface area contributed by atoms with Gasteiger partial charge in [0.15, 0.2) is 0 Å². The summed E-state index contributed by atoms with van der Waals surface area (Å²) in [7, 11) is 0. The lowest BCUT2D eigenvalue weighted by atomic mass is 10.2. The normalized spacial score (nSPS) is 12.1. The molecule has 1 amide bonds. The van der Waals surface area contributed by atoms with E-state index in [2.05, 4.69) is 15.3 Å². The zero-order chi connectivity index (χ0) is 14.1. The van der Waals surface area contributed by atoms with E-state index >= 15 is 0 Å². The maximum absolute atomic E-state index is 12.0. The summed E-state index contributed by atoms with van der Waals surface area (Å²) in [5.41, 5.74) is 11.5. The van der Waals surface area contributed by atoms with Crippen molar-refractivity contribution in [3.8, 4) is 0 Å². The number of nitrogens with zero attached hydrogens (tertiary/aromatic N) is 1. The van der Waals surface area contributed by atoms with Crippen LogP contribution in [0.2, 0.25) is 0 Å². The molecule has 1 heterocycles. The molecule has 106 valence electrons. The molecule has 8 heteroatoms. The molecule has 7 nitrogen and oxygen atoms in total. The number of amides is 1. The van der Waals surface area contributed by atoms with Crippen LogP contribution in [0.5, 0.6) is 0 Å². The zero-order valence-corrected chi connectivity index (χ0v) is 11.4. The second-order valence-corrected chi connectivity index (χ2v) is 5.00. The summed E-state index contributed by atoms with van der Waals surface area (Å²) in [5.74, 6) is 0.305. The summed E-state index contributed by atoms with van der Waals surface area (Å²) in [6.45, 7) is 0.677. The molecule has 0 saturated heterocycles. The minimum Gasteiger partial charge on any atom is -0.348 e. The first-order valence-corrected chi connectivity index (χ1v) is 6.99. The summed E-state index contributed by atoms with van der Waals surface area (Å²) in [6.07, 6.45) is 3.75. The summed E-state index contributed by atoms with van der Waals surface area (Å²) in [6, 6.07) is -0.587. The van der Waals surface area contributed by atoms with Gasteiger partial charge in [0.2, 0.25) is 11.0 Å². The van der Waals surface area contributed by atoms with E-state index in [0.29, 0.717) is 18.7 Å². The minimum atomic E-state index is -0.587. The van der Waals surface area contributed by atoms with Crippen LogP contribution < -0.4 is 16.8 Å². The van der Waals surface area contributed by atoms with E-state index in [4.69, 9.17) is 11.5 Å². The number of nitrogens with one attached hydrogen (secondary N) is 2. The van der Waals surface area contributed by atoms with E-state index in [0.717, 1.165) is 17.5 Å². The van der Waals surface area contributed by atoms with Crippen LogP contribution in [-0.4, -0.2) is 45.9 Å². The van der Waals surface area contributed by atoms with Gasteiger partial charge >= 0.3 is 0 Å². The van der Waals surface area contributed by atoms with Crippen LogP contribution in [0.25, 0.3) is 0 Å². The van der Waals surface area contributed by atoms with Gasteiger partial charge in [-0.25, -0.2) is 4.98 Å². The van der Waals surface area contributed by atoms with Gasteiger partial charge in [0, 0.05) is 43.6 Å². The summed E-state index contributed by atoms with van der Waals surface area (Å²) in [4.78, 5) is 30.3. The molecule has 1 atom stereocenters. The highest BCUT2D eigenvalue weighted by atomic mass is 32.2. The SMILES string of the molecule is NCCSC(=O)C(Cc1cnc[nH]1)NC(=O)CCN. The number of H-pyrrole nitrogens is 1. The Morgan fingerprint density at radius 2 is 2.21 bits per heavy atom. The Hall–Kier alpha value is -1.38. The van der Waals surface area contributed by atoms with Crippen LogP contribution in [0.15, 0.2) is 12.5 Å². The Morgan fingerprint density at radius 3 is 2.79 bits per heavy atom. The number of carbonyl (C=O) groups excluding carboxylic acids is 2. The maximum atomic E-state index is 12.0. The first kappa shape index (κ1) is 15.7. The molecule has 0 aromatic carbocycles. The van der Waals surface area contributed by atoms with Gasteiger partial charge in [-0.1, -0.05) is 11.8 Å². The third-order valence-corrected chi connectivity index (χ3v) is 3.34. The largest absolute Gasteiger partial charge is 0.348 e. The number of hydrogen-bond donors (Lipinski definition) is 4. The Bertz CT molecular complexity index is 396. The number of rotatable bonds is 8. The number of aromatic amines is 1. The van der Waals surface area contributed by atoms with Crippen molar-refractivity contribution in [1.82, 2.24) is 15.3 Å². The predicted octanol–water partition coefficient (Wildman–Crippen LogP) is -0.996. The molecular weight excluding hydrogens is 266 g/mol. The molecule has 1 aromatic rings. The molecule has 19 heavy (non-hydrogen) atoms. The van der Waals surface area contributed by atoms with E-state index in [9.17, 15) is 9.59 Å². The average Bonchev–Trinajstić information content (AvgIpc) is 2.88. The Balaban J connectivity index is 2.61. The van der Waals surface area contributed by atoms with E-state index in [1.165, 1.54) is 6.33 Å². The monoisotopic (exact) mass is 285 g/mol. The first-order chi connectivity index (χ1) is 9.17. The topological polar surface area (TPSA) is 127 Å². The fourth-order valence-electron chi connectivity index (χ4n) is 1.47. The average molecular weight is 285 g/mol. The molecule has 6 N–H and O–H groups in total. The van der Waals surface area contributed by atoms with Gasteiger partial charge in [0.05, 0.1) is 6.33 Å². The highest BCUT2D eigenvalue weighted by Crippen LogP contribution is 2.09. The van der Waals surface area contributed by atoms with Gasteiger partial charge in [-0.2, -0.15) is 0 Å². The number of carbonyl (C=O) groups is 2. The third-order valence-electron chi connectivity index (χ3n) is 2.33. The third kappa shape index (κ3) is 5.86. The Morgan fingerprint density at radius 1 is 1.42 bits per heavy atom. The molecule has 0 saturated carbocycles. The zero-order valence-electron chi connectivity index (χ0n) is 10.6. The standard InChI is InChI=1S/C11H19N5O2S/c12-2-1-10(17)16-9(11(18)19-4-3-13)5-8-6-14-7-15-8/h6-7,9H,1-5,12-13H2,(H,14,15)(H,16,17). The maximum Gasteiger partial charge on any atom is 0.221 e. The van der Waals surface area contributed by atoms with Crippen molar-refractivity contribution in [1.29, 1.82) is 0 Å². The number of nitrogens with two attached hydrogens (primary N) is 2. The highest BCUT2D eigenvalue weighted by Gasteiger charge is 2.21. The lowest BCUT2D eigenvalue weighted by molar-refractivity contribution is -0.124. The lowest BCUT2D eigenvalue weighted by Crippen LogP contribution is -2.42. The molecule has 0 fully saturated rings. The van der Waals surface area contributed by atoms with Crippen molar-refractivity contribution in [2.24, 2.45) is 11.5 Å². The molecule has 0 bridgehead atoms. The highest BCUT2D eigenvalue weighted by molar-refractivity contribution is 8.13. The van der Waals surface area contributed by atoms with Crippen molar-refractivity contribution in [2.45, 2.75) is 18.9 Å². The van der Waals surface area contributed by atoms with Gasteiger partial charge in [-0.15, -0.1) is 0 Å². The van der Waals surface area contributed by atoms with Crippen LogP contribution in [-0.2, 0) is 16.0 Å². The van der Waals surface area contributed by atoms with Gasteiger partial charge in [0.25, 0.3) is 0 Å². The number of imidazole rings is 1. The molecular formula is C11H19N5O2S. The van der Waals surface area contributed by atoms with Crippen LogP contribution in [0, 0.1) is 0 Å². The Kier molecular flexibility index (Phi) is 7.16. The van der Waals surface area contributed by atoms with Crippen molar-refractivity contribution >= 4 is 22.8 Å². The Labute approximate surface area is 115 Å². The van der Waals surface area contributed by atoms with Crippen LogP contribution >= 0.6 is 11.8 Å². The van der Waals surface area contributed by atoms with Gasteiger partial charge < -0.3 is 21.8 Å². The second kappa shape index (κ2) is 8.68. The number of hydrogen-bond acceptors (Lipinski definition) is 6. The van der Waals surface area contributed by atoms with Crippen LogP contribution in [0.1, 0.15) is 12.1 Å². The van der Waals surface area contributed by atoms with E-state index in [1.807, 2.05) is 0 Å². The molecule has 1 rings (SSSR count). The van der Waals surface area contributed by atoms with Crippen molar-refractivity contribution in [3.05, 3.63) is 18.2 Å². The molecule has 0 aliphatic rings. The predicted molar refractivity (Wildman–Crippen MR) is 74.4 cm³/mol. The van der Waals surface area contributed by atoms with Crippen LogP contribution in [0.4, 0.5) is 0 Å². The molecule has 0 radical (unpaired) electrons. The number of aromatic nitrogens is 2. The van der Waals surface area contributed by atoms with E-state index < -0.39 is 6.04 Å². The van der Waals surface area contributed by atoms with Crippen molar-refractivity contribution < 1.29 is 9.59 Å². The van der Waals surface area contributed by atoms with E-state index in [1.54, 1.807) is 6.20 Å². The molecule has 0 aliphatic carbocycles.